The summed E-state index contributed by atoms with van der Waals surface area (Å²) in [6.07, 6.45) is 0. The third-order valence-electron chi connectivity index (χ3n) is 4.62. The van der Waals surface area contributed by atoms with E-state index in [1.807, 2.05) is 22.6 Å². The van der Waals surface area contributed by atoms with Gasteiger partial charge in [-0.2, -0.15) is 4.52 Å². The molecule has 5 aromatic rings. The minimum absolute atomic E-state index is 0.138. The number of imidazole rings is 1. The lowest BCUT2D eigenvalue weighted by Crippen LogP contribution is -2.14. The molecule has 3 heterocycles. The number of halogens is 1. The summed E-state index contributed by atoms with van der Waals surface area (Å²) in [5.74, 6) is 1.48. The summed E-state index contributed by atoms with van der Waals surface area (Å²) in [5.41, 5.74) is 2.82. The standard InChI is InChI=1S/C19H16ClN7OS/c1-2-25-14-5-3-4-6-15(14)26-17-22-23-19(27(17)24-18(25)26)29-11-16(28)21-13-9-7-12(20)8-10-13/h3-10H,2,11H2,1H3,(H,21,28). The first-order chi connectivity index (χ1) is 14.2. The summed E-state index contributed by atoms with van der Waals surface area (Å²) >= 11 is 7.16. The van der Waals surface area contributed by atoms with Gasteiger partial charge >= 0.3 is 0 Å². The number of aromatic nitrogens is 6. The highest BCUT2D eigenvalue weighted by atomic mass is 35.5. The number of carbonyl (C=O) groups excluding carboxylic acids is 1. The molecule has 146 valence electrons. The van der Waals surface area contributed by atoms with E-state index >= 15 is 0 Å². The quantitative estimate of drug-likeness (QED) is 0.434. The molecule has 0 aliphatic carbocycles. The van der Waals surface area contributed by atoms with Crippen LogP contribution in [-0.4, -0.2) is 40.4 Å². The molecule has 29 heavy (non-hydrogen) atoms. The number of aryl methyl sites for hydroxylation is 1. The Labute approximate surface area is 174 Å². The van der Waals surface area contributed by atoms with Gasteiger partial charge in [0, 0.05) is 17.3 Å². The zero-order valence-electron chi connectivity index (χ0n) is 15.4. The van der Waals surface area contributed by atoms with Gasteiger partial charge in [0.2, 0.25) is 16.8 Å². The smallest absolute Gasteiger partial charge is 0.260 e. The molecule has 0 saturated carbocycles. The number of hydrogen-bond donors (Lipinski definition) is 1. The molecule has 3 aromatic heterocycles. The minimum Gasteiger partial charge on any atom is -0.325 e. The van der Waals surface area contributed by atoms with Crippen LogP contribution >= 0.6 is 23.4 Å². The number of para-hydroxylation sites is 2. The summed E-state index contributed by atoms with van der Waals surface area (Å²) in [4.78, 5) is 12.3. The van der Waals surface area contributed by atoms with E-state index in [4.69, 9.17) is 16.7 Å². The Morgan fingerprint density at radius 1 is 1.07 bits per heavy atom. The van der Waals surface area contributed by atoms with Gasteiger partial charge in [0.1, 0.15) is 0 Å². The van der Waals surface area contributed by atoms with Crippen LogP contribution in [0.3, 0.4) is 0 Å². The van der Waals surface area contributed by atoms with Crippen LogP contribution in [0, 0.1) is 0 Å². The molecule has 0 aliphatic heterocycles. The van der Waals surface area contributed by atoms with Gasteiger partial charge in [-0.05, 0) is 43.3 Å². The van der Waals surface area contributed by atoms with Crippen molar-refractivity contribution in [2.45, 2.75) is 18.6 Å². The van der Waals surface area contributed by atoms with Crippen LogP contribution in [0.2, 0.25) is 5.02 Å². The van der Waals surface area contributed by atoms with E-state index in [-0.39, 0.29) is 11.7 Å². The second-order valence-electron chi connectivity index (χ2n) is 6.41. The monoisotopic (exact) mass is 425 g/mol. The number of amides is 1. The Hall–Kier alpha value is -3.04. The summed E-state index contributed by atoms with van der Waals surface area (Å²) in [5, 5.41) is 17.3. The molecule has 1 N–H and O–H groups in total. The van der Waals surface area contributed by atoms with Crippen molar-refractivity contribution in [1.29, 1.82) is 0 Å². The maximum Gasteiger partial charge on any atom is 0.260 e. The molecule has 1 amide bonds. The summed E-state index contributed by atoms with van der Waals surface area (Å²) in [6, 6.07) is 15.1. The van der Waals surface area contributed by atoms with E-state index in [1.165, 1.54) is 11.8 Å². The summed E-state index contributed by atoms with van der Waals surface area (Å²) in [6.45, 7) is 2.87. The highest BCUT2D eigenvalue weighted by Gasteiger charge is 2.19. The maximum absolute atomic E-state index is 12.3. The van der Waals surface area contributed by atoms with Crippen molar-refractivity contribution in [1.82, 2.24) is 28.8 Å². The van der Waals surface area contributed by atoms with Crippen molar-refractivity contribution in [2.75, 3.05) is 11.1 Å². The fourth-order valence-corrected chi connectivity index (χ4v) is 4.15. The summed E-state index contributed by atoms with van der Waals surface area (Å²) in [7, 11) is 0. The van der Waals surface area contributed by atoms with Gasteiger partial charge in [0.25, 0.3) is 5.78 Å². The average Bonchev–Trinajstić information content (AvgIpc) is 3.37. The number of rotatable bonds is 5. The van der Waals surface area contributed by atoms with E-state index in [0.717, 1.165) is 23.4 Å². The Kier molecular flexibility index (Phi) is 4.40. The molecule has 0 radical (unpaired) electrons. The lowest BCUT2D eigenvalue weighted by molar-refractivity contribution is -0.113. The second kappa shape index (κ2) is 7.09. The predicted molar refractivity (Wildman–Crippen MR) is 114 cm³/mol. The van der Waals surface area contributed by atoms with Crippen molar-refractivity contribution >= 4 is 57.5 Å². The summed E-state index contributed by atoms with van der Waals surface area (Å²) < 4.78 is 5.81. The van der Waals surface area contributed by atoms with Crippen LogP contribution in [-0.2, 0) is 11.3 Å². The van der Waals surface area contributed by atoms with Crippen LogP contribution in [0.15, 0.2) is 53.7 Å². The van der Waals surface area contributed by atoms with E-state index in [9.17, 15) is 4.79 Å². The second-order valence-corrected chi connectivity index (χ2v) is 7.79. The number of thioether (sulfide) groups is 1. The van der Waals surface area contributed by atoms with Crippen molar-refractivity contribution in [2.24, 2.45) is 0 Å². The van der Waals surface area contributed by atoms with Crippen molar-refractivity contribution in [3.05, 3.63) is 53.6 Å². The molecule has 0 saturated heterocycles. The lowest BCUT2D eigenvalue weighted by atomic mass is 10.3. The third kappa shape index (κ3) is 3.02. The highest BCUT2D eigenvalue weighted by molar-refractivity contribution is 7.99. The Morgan fingerprint density at radius 3 is 2.59 bits per heavy atom. The highest BCUT2D eigenvalue weighted by Crippen LogP contribution is 2.25. The first kappa shape index (κ1) is 18.0. The molecule has 0 bridgehead atoms. The van der Waals surface area contributed by atoms with E-state index in [1.54, 1.807) is 28.8 Å². The van der Waals surface area contributed by atoms with Crippen LogP contribution < -0.4 is 5.32 Å². The van der Waals surface area contributed by atoms with Gasteiger partial charge in [0.15, 0.2) is 0 Å². The topological polar surface area (TPSA) is 81.5 Å². The third-order valence-corrected chi connectivity index (χ3v) is 5.79. The van der Waals surface area contributed by atoms with E-state index in [0.29, 0.717) is 21.6 Å². The van der Waals surface area contributed by atoms with Crippen LogP contribution in [0.1, 0.15) is 6.92 Å². The molecule has 5 rings (SSSR count). The molecule has 0 aliphatic rings. The number of benzene rings is 2. The van der Waals surface area contributed by atoms with Gasteiger partial charge in [-0.3, -0.25) is 4.79 Å². The molecule has 10 heteroatoms. The Morgan fingerprint density at radius 2 is 1.83 bits per heavy atom. The van der Waals surface area contributed by atoms with Crippen LogP contribution in [0.25, 0.3) is 22.6 Å². The van der Waals surface area contributed by atoms with Gasteiger partial charge < -0.3 is 9.88 Å². The van der Waals surface area contributed by atoms with Crippen LogP contribution in [0.4, 0.5) is 5.69 Å². The largest absolute Gasteiger partial charge is 0.325 e. The van der Waals surface area contributed by atoms with Crippen LogP contribution in [0.5, 0.6) is 0 Å². The fourth-order valence-electron chi connectivity index (χ4n) is 3.35. The zero-order valence-corrected chi connectivity index (χ0v) is 17.0. The van der Waals surface area contributed by atoms with Gasteiger partial charge in [-0.1, -0.05) is 35.5 Å². The van der Waals surface area contributed by atoms with Crippen molar-refractivity contribution in [3.63, 3.8) is 0 Å². The fraction of sp³-hybridized carbons (Fsp3) is 0.158. The number of carbonyl (C=O) groups is 1. The zero-order chi connectivity index (χ0) is 20.0. The molecule has 0 unspecified atom stereocenters. The normalized spacial score (nSPS) is 11.7. The molecule has 2 aromatic carbocycles. The maximum atomic E-state index is 12.3. The molecular formula is C19H16ClN7OS. The van der Waals surface area contributed by atoms with Crippen molar-refractivity contribution < 1.29 is 4.79 Å². The molecular weight excluding hydrogens is 410 g/mol. The number of anilines is 1. The van der Waals surface area contributed by atoms with Gasteiger partial charge in [-0.15, -0.1) is 15.3 Å². The number of fused-ring (bicyclic) bond motifs is 5. The van der Waals surface area contributed by atoms with E-state index in [2.05, 4.69) is 33.1 Å². The SMILES string of the molecule is CCn1c2ccccc2n2c1nn1c(SCC(=O)Nc3ccc(Cl)cc3)nnc12. The van der Waals surface area contributed by atoms with Crippen molar-refractivity contribution in [3.8, 4) is 0 Å². The number of hydrogen-bond acceptors (Lipinski definition) is 5. The Bertz CT molecular complexity index is 1350. The van der Waals surface area contributed by atoms with E-state index < -0.39 is 0 Å². The molecule has 0 spiro atoms. The molecule has 8 nitrogen and oxygen atoms in total. The Balaban J connectivity index is 1.43. The van der Waals surface area contributed by atoms with Gasteiger partial charge in [0.05, 0.1) is 16.8 Å². The average molecular weight is 426 g/mol. The molecule has 0 fully saturated rings. The minimum atomic E-state index is -0.138. The first-order valence-corrected chi connectivity index (χ1v) is 10.4. The number of nitrogens with zero attached hydrogens (tertiary/aromatic N) is 6. The van der Waals surface area contributed by atoms with Gasteiger partial charge in [-0.25, -0.2) is 4.40 Å². The first-order valence-electron chi connectivity index (χ1n) is 9.05. The lowest BCUT2D eigenvalue weighted by Gasteiger charge is -2.04. The predicted octanol–water partition coefficient (Wildman–Crippen LogP) is 3.74. The molecule has 0 atom stereocenters. The number of nitrogens with one attached hydrogen (secondary N) is 1.